The van der Waals surface area contributed by atoms with Crippen LogP contribution in [0.15, 0.2) is 0 Å². The van der Waals surface area contributed by atoms with Crippen molar-refractivity contribution in [2.45, 2.75) is 0 Å². The molecule has 0 rings (SSSR count). The van der Waals surface area contributed by atoms with E-state index in [1.807, 2.05) is 0 Å². The molecule has 0 aliphatic rings. The second-order valence-electron chi connectivity index (χ2n) is 1.64. The second-order valence-corrected chi connectivity index (χ2v) is 2.74. The molecule has 0 heterocycles. The minimum Gasteiger partial charge on any atom is -0.370 e. The Balaban J connectivity index is 3.63. The van der Waals surface area contributed by atoms with E-state index in [0.717, 1.165) is 0 Å². The molecule has 54 valence electrons. The molecule has 0 aliphatic heterocycles. The molecule has 4 N–H and O–H groups in total. The van der Waals surface area contributed by atoms with Crippen LogP contribution in [0.3, 0.4) is 0 Å². The van der Waals surface area contributed by atoms with E-state index in [2.05, 4.69) is 0 Å². The summed E-state index contributed by atoms with van der Waals surface area (Å²) < 4.78 is 10.1. The fourth-order valence-electron chi connectivity index (χ4n) is 0.288. The molecule has 9 heavy (non-hydrogen) atoms. The molecule has 6 heteroatoms. The van der Waals surface area contributed by atoms with Crippen molar-refractivity contribution >= 4 is 14.0 Å². The lowest BCUT2D eigenvalue weighted by molar-refractivity contribution is 0.470. The maximum atomic E-state index is 10.1. The van der Waals surface area contributed by atoms with Crippen molar-refractivity contribution in [2.75, 3.05) is 13.3 Å². The van der Waals surface area contributed by atoms with Gasteiger partial charge in [0.2, 0.25) is 8.03 Å². The number of guanidine groups is 1. The Labute approximate surface area is 53.8 Å². The lowest BCUT2D eigenvalue weighted by atomic mass is 10.8. The summed E-state index contributed by atoms with van der Waals surface area (Å²) in [7, 11) is -1.04. The maximum Gasteiger partial charge on any atom is 0.207 e. The van der Waals surface area contributed by atoms with Crippen LogP contribution >= 0.6 is 8.03 Å². The third-order valence-corrected chi connectivity index (χ3v) is 1.53. The van der Waals surface area contributed by atoms with Gasteiger partial charge in [0, 0.05) is 7.05 Å². The number of hydrogen-bond donors (Lipinski definition) is 3. The Bertz CT molecular complexity index is 137. The largest absolute Gasteiger partial charge is 0.370 e. The van der Waals surface area contributed by atoms with Gasteiger partial charge in [0.1, 0.15) is 0 Å². The highest BCUT2D eigenvalue weighted by atomic mass is 31.1. The Kier molecular flexibility index (Phi) is 3.27. The van der Waals surface area contributed by atoms with E-state index in [4.69, 9.17) is 16.0 Å². The highest BCUT2D eigenvalue weighted by molar-refractivity contribution is 7.37. The van der Waals surface area contributed by atoms with Crippen molar-refractivity contribution in [2.24, 2.45) is 5.73 Å². The second kappa shape index (κ2) is 3.48. The van der Waals surface area contributed by atoms with Gasteiger partial charge in [-0.1, -0.05) is 0 Å². The SMILES string of the molecule is CN(C[PH](=O)O)C(=N)N. The Hall–Kier alpha value is -0.540. The average Bonchev–Trinajstić information content (AvgIpc) is 1.63. The summed E-state index contributed by atoms with van der Waals surface area (Å²) in [5, 5.41) is 6.76. The van der Waals surface area contributed by atoms with Crippen LogP contribution in [0, 0.1) is 5.41 Å². The van der Waals surface area contributed by atoms with Gasteiger partial charge in [-0.15, -0.1) is 0 Å². The first-order chi connectivity index (χ1) is 4.04. The van der Waals surface area contributed by atoms with Crippen LogP contribution in [0.2, 0.25) is 0 Å². The average molecular weight is 151 g/mol. The summed E-state index contributed by atoms with van der Waals surface area (Å²) in [5.41, 5.74) is 4.96. The molecule has 0 aromatic rings. The van der Waals surface area contributed by atoms with Crippen LogP contribution < -0.4 is 5.73 Å². The summed E-state index contributed by atoms with van der Waals surface area (Å²) >= 11 is 0. The molecule has 0 amide bonds. The minimum atomic E-state index is -2.52. The van der Waals surface area contributed by atoms with E-state index in [1.165, 1.54) is 11.9 Å². The topological polar surface area (TPSA) is 90.4 Å². The van der Waals surface area contributed by atoms with E-state index in [9.17, 15) is 4.57 Å². The van der Waals surface area contributed by atoms with E-state index < -0.39 is 8.03 Å². The van der Waals surface area contributed by atoms with E-state index in [0.29, 0.717) is 0 Å². The molecule has 5 nitrogen and oxygen atoms in total. The van der Waals surface area contributed by atoms with Crippen molar-refractivity contribution in [1.29, 1.82) is 5.41 Å². The highest BCUT2D eigenvalue weighted by Gasteiger charge is 2.00. The molecule has 0 radical (unpaired) electrons. The zero-order valence-corrected chi connectivity index (χ0v) is 6.09. The number of nitrogens with zero attached hydrogens (tertiary/aromatic N) is 1. The summed E-state index contributed by atoms with van der Waals surface area (Å²) in [6.45, 7) is 0. The fourth-order valence-corrected chi connectivity index (χ4v) is 0.864. The fraction of sp³-hybridized carbons (Fsp3) is 0.667. The van der Waals surface area contributed by atoms with Crippen molar-refractivity contribution in [3.63, 3.8) is 0 Å². The third kappa shape index (κ3) is 4.00. The minimum absolute atomic E-state index is 0.0417. The number of nitrogens with one attached hydrogen (secondary N) is 1. The maximum absolute atomic E-state index is 10.1. The normalized spacial score (nSPS) is 12.7. The number of hydrogen-bond acceptors (Lipinski definition) is 2. The van der Waals surface area contributed by atoms with Crippen molar-refractivity contribution in [1.82, 2.24) is 4.90 Å². The van der Waals surface area contributed by atoms with Crippen LogP contribution in [0.4, 0.5) is 0 Å². The van der Waals surface area contributed by atoms with Gasteiger partial charge in [0.05, 0.1) is 6.29 Å². The molecule has 1 atom stereocenters. The number of nitrogens with two attached hydrogens (primary N) is 1. The molecule has 0 bridgehead atoms. The summed E-state index contributed by atoms with van der Waals surface area (Å²) in [6, 6.07) is 0. The first-order valence-corrected chi connectivity index (χ1v) is 3.87. The van der Waals surface area contributed by atoms with Gasteiger partial charge in [-0.3, -0.25) is 9.97 Å². The van der Waals surface area contributed by atoms with Crippen LogP contribution in [-0.4, -0.2) is 29.1 Å². The van der Waals surface area contributed by atoms with Crippen LogP contribution in [-0.2, 0) is 4.57 Å². The van der Waals surface area contributed by atoms with Crippen LogP contribution in [0.5, 0.6) is 0 Å². The van der Waals surface area contributed by atoms with Crippen molar-refractivity contribution in [3.8, 4) is 0 Å². The van der Waals surface area contributed by atoms with Crippen molar-refractivity contribution < 1.29 is 9.46 Å². The quantitative estimate of drug-likeness (QED) is 0.275. The van der Waals surface area contributed by atoms with Gasteiger partial charge < -0.3 is 15.5 Å². The molecule has 0 aromatic carbocycles. The number of rotatable bonds is 2. The summed E-state index contributed by atoms with van der Waals surface area (Å²) in [4.78, 5) is 9.53. The zero-order chi connectivity index (χ0) is 7.44. The molecule has 0 spiro atoms. The highest BCUT2D eigenvalue weighted by Crippen LogP contribution is 2.12. The molecule has 0 aromatic heterocycles. The standard InChI is InChI=1S/C3H10N3O2P/c1-6(3(4)5)2-9(7)8/h9H,2H2,1H3,(H3,4,5)(H,7,8). The Morgan fingerprint density at radius 1 is 2.00 bits per heavy atom. The molecular formula is C3H10N3O2P. The van der Waals surface area contributed by atoms with E-state index >= 15 is 0 Å². The molecule has 0 saturated heterocycles. The van der Waals surface area contributed by atoms with E-state index in [-0.39, 0.29) is 12.2 Å². The molecule has 1 unspecified atom stereocenters. The molecule has 0 fully saturated rings. The summed E-state index contributed by atoms with van der Waals surface area (Å²) in [6.07, 6.45) is -0.0417. The summed E-state index contributed by atoms with van der Waals surface area (Å²) in [5.74, 6) is -0.192. The molecular weight excluding hydrogens is 141 g/mol. The zero-order valence-electron chi connectivity index (χ0n) is 5.09. The Morgan fingerprint density at radius 3 is 2.56 bits per heavy atom. The monoisotopic (exact) mass is 151 g/mol. The van der Waals surface area contributed by atoms with Gasteiger partial charge in [-0.25, -0.2) is 0 Å². The smallest absolute Gasteiger partial charge is 0.207 e. The Morgan fingerprint density at radius 2 is 2.44 bits per heavy atom. The van der Waals surface area contributed by atoms with Gasteiger partial charge >= 0.3 is 0 Å². The predicted molar refractivity (Wildman–Crippen MR) is 35.8 cm³/mol. The van der Waals surface area contributed by atoms with Crippen LogP contribution in [0.1, 0.15) is 0 Å². The first-order valence-electron chi connectivity index (χ1n) is 2.31. The van der Waals surface area contributed by atoms with Gasteiger partial charge in [-0.2, -0.15) is 0 Å². The van der Waals surface area contributed by atoms with Crippen LogP contribution in [0.25, 0.3) is 0 Å². The lowest BCUT2D eigenvalue weighted by Gasteiger charge is -2.13. The lowest BCUT2D eigenvalue weighted by Crippen LogP contribution is -2.32. The van der Waals surface area contributed by atoms with Gasteiger partial charge in [-0.05, 0) is 0 Å². The van der Waals surface area contributed by atoms with Crippen molar-refractivity contribution in [3.05, 3.63) is 0 Å². The molecule has 0 aliphatic carbocycles. The predicted octanol–water partition coefficient (Wildman–Crippen LogP) is -0.764. The van der Waals surface area contributed by atoms with Gasteiger partial charge in [0.15, 0.2) is 5.96 Å². The third-order valence-electron chi connectivity index (χ3n) is 0.784. The van der Waals surface area contributed by atoms with E-state index in [1.54, 1.807) is 0 Å². The van der Waals surface area contributed by atoms with Gasteiger partial charge in [0.25, 0.3) is 0 Å². The molecule has 0 saturated carbocycles. The first kappa shape index (κ1) is 8.46.